The Bertz CT molecular complexity index is 604. The van der Waals surface area contributed by atoms with Gasteiger partial charge in [0.1, 0.15) is 5.82 Å². The van der Waals surface area contributed by atoms with Crippen molar-refractivity contribution in [2.75, 3.05) is 63.5 Å². The summed E-state index contributed by atoms with van der Waals surface area (Å²) in [5.41, 5.74) is 0.880. The van der Waals surface area contributed by atoms with E-state index in [1.807, 2.05) is 18.7 Å². The molecule has 1 amide bonds. The molecule has 1 aliphatic rings. The number of morpholine rings is 1. The monoisotopic (exact) mass is 384 g/mol. The van der Waals surface area contributed by atoms with Gasteiger partial charge in [-0.3, -0.25) is 4.90 Å². The average molecular weight is 384 g/mol. The van der Waals surface area contributed by atoms with Gasteiger partial charge in [-0.15, -0.1) is 0 Å². The molecule has 8 heteroatoms. The number of nitrogens with zero attached hydrogens (tertiary/aromatic N) is 2. The molecule has 1 aromatic rings. The first-order valence-corrected chi connectivity index (χ1v) is 9.08. The van der Waals surface area contributed by atoms with Gasteiger partial charge >= 0.3 is 6.09 Å². The Morgan fingerprint density at radius 2 is 1.93 bits per heavy atom. The van der Waals surface area contributed by atoms with Gasteiger partial charge in [0.2, 0.25) is 0 Å². The van der Waals surface area contributed by atoms with Crippen LogP contribution in [0.4, 0.5) is 20.6 Å². The molecule has 7 nitrogen and oxygen atoms in total. The van der Waals surface area contributed by atoms with Crippen molar-refractivity contribution < 1.29 is 28.1 Å². The van der Waals surface area contributed by atoms with Gasteiger partial charge in [0.05, 0.1) is 37.7 Å². The number of halogens is 1. The third-order valence-electron chi connectivity index (χ3n) is 4.21. The minimum atomic E-state index is -0.654. The van der Waals surface area contributed by atoms with E-state index in [2.05, 4.69) is 0 Å². The molecule has 1 saturated heterocycles. The smallest absolute Gasteiger partial charge is 0.414 e. The highest BCUT2D eigenvalue weighted by Crippen LogP contribution is 2.26. The van der Waals surface area contributed by atoms with Crippen LogP contribution in [-0.2, 0) is 18.9 Å². The minimum Gasteiger partial charge on any atom is -0.449 e. The Balaban J connectivity index is 2.22. The van der Waals surface area contributed by atoms with E-state index < -0.39 is 18.2 Å². The summed E-state index contributed by atoms with van der Waals surface area (Å²) in [4.78, 5) is 15.8. The summed E-state index contributed by atoms with van der Waals surface area (Å²) in [6.07, 6.45) is -1.22. The lowest BCUT2D eigenvalue weighted by Gasteiger charge is -2.30. The summed E-state index contributed by atoms with van der Waals surface area (Å²) in [6, 6.07) is 4.71. The highest BCUT2D eigenvalue weighted by Gasteiger charge is 2.24. The highest BCUT2D eigenvalue weighted by molar-refractivity contribution is 5.88. The standard InChI is InChI=1S/C19H29FN2O5/c1-14(2)13-27-19(23)22(12-18(24-3)25-4)15-5-6-17(16(20)11-15)21-7-9-26-10-8-21/h5-6,11,14,18H,7-10,12-13H2,1-4H3. The Morgan fingerprint density at radius 3 is 2.48 bits per heavy atom. The lowest BCUT2D eigenvalue weighted by molar-refractivity contribution is -0.0946. The number of carbonyl (C=O) groups excluding carboxylic acids is 1. The van der Waals surface area contributed by atoms with Crippen molar-refractivity contribution in [2.24, 2.45) is 5.92 Å². The van der Waals surface area contributed by atoms with Crippen LogP contribution in [0.15, 0.2) is 18.2 Å². The van der Waals surface area contributed by atoms with E-state index in [0.29, 0.717) is 37.7 Å². The molecule has 0 unspecified atom stereocenters. The summed E-state index contributed by atoms with van der Waals surface area (Å²) < 4.78 is 35.8. The zero-order chi connectivity index (χ0) is 19.8. The molecule has 1 aromatic carbocycles. The van der Waals surface area contributed by atoms with Crippen LogP contribution in [0.1, 0.15) is 13.8 Å². The second-order valence-corrected chi connectivity index (χ2v) is 6.72. The van der Waals surface area contributed by atoms with Crippen LogP contribution in [-0.4, -0.2) is 66.1 Å². The Labute approximate surface area is 159 Å². The van der Waals surface area contributed by atoms with Crippen molar-refractivity contribution in [1.29, 1.82) is 0 Å². The molecule has 152 valence electrons. The molecule has 0 aliphatic carbocycles. The van der Waals surface area contributed by atoms with E-state index in [4.69, 9.17) is 18.9 Å². The fourth-order valence-corrected chi connectivity index (χ4v) is 2.72. The van der Waals surface area contributed by atoms with Crippen LogP contribution in [0.2, 0.25) is 0 Å². The van der Waals surface area contributed by atoms with Gasteiger partial charge in [0, 0.05) is 27.3 Å². The topological polar surface area (TPSA) is 60.5 Å². The first-order valence-electron chi connectivity index (χ1n) is 9.08. The maximum atomic E-state index is 14.7. The van der Waals surface area contributed by atoms with Crippen molar-refractivity contribution in [3.05, 3.63) is 24.0 Å². The van der Waals surface area contributed by atoms with Gasteiger partial charge < -0.3 is 23.8 Å². The summed E-state index contributed by atoms with van der Waals surface area (Å²) in [6.45, 7) is 6.64. The van der Waals surface area contributed by atoms with Gasteiger partial charge in [-0.25, -0.2) is 9.18 Å². The molecule has 27 heavy (non-hydrogen) atoms. The van der Waals surface area contributed by atoms with Crippen LogP contribution < -0.4 is 9.80 Å². The van der Waals surface area contributed by atoms with E-state index in [-0.39, 0.29) is 19.1 Å². The number of hydrogen-bond acceptors (Lipinski definition) is 6. The van der Waals surface area contributed by atoms with Crippen molar-refractivity contribution >= 4 is 17.5 Å². The van der Waals surface area contributed by atoms with Crippen LogP contribution >= 0.6 is 0 Å². The quantitative estimate of drug-likeness (QED) is 0.643. The van der Waals surface area contributed by atoms with Crippen LogP contribution in [0, 0.1) is 11.7 Å². The van der Waals surface area contributed by atoms with Crippen LogP contribution in [0.3, 0.4) is 0 Å². The van der Waals surface area contributed by atoms with Crippen LogP contribution in [0.25, 0.3) is 0 Å². The van der Waals surface area contributed by atoms with E-state index in [9.17, 15) is 9.18 Å². The molecule has 0 saturated carbocycles. The van der Waals surface area contributed by atoms with Crippen molar-refractivity contribution in [3.8, 4) is 0 Å². The van der Waals surface area contributed by atoms with E-state index >= 15 is 0 Å². The molecule has 0 atom stereocenters. The molecular formula is C19H29FN2O5. The molecule has 1 aliphatic heterocycles. The van der Waals surface area contributed by atoms with E-state index in [1.165, 1.54) is 25.2 Å². The third-order valence-corrected chi connectivity index (χ3v) is 4.21. The molecule has 0 N–H and O–H groups in total. The molecule has 0 spiro atoms. The zero-order valence-electron chi connectivity index (χ0n) is 16.4. The zero-order valence-corrected chi connectivity index (χ0v) is 16.4. The number of benzene rings is 1. The van der Waals surface area contributed by atoms with Gasteiger partial charge in [0.15, 0.2) is 6.29 Å². The molecule has 0 bridgehead atoms. The minimum absolute atomic E-state index is 0.0836. The van der Waals surface area contributed by atoms with E-state index in [1.54, 1.807) is 12.1 Å². The SMILES string of the molecule is COC(CN(C(=O)OCC(C)C)c1ccc(N2CCOCC2)c(F)c1)OC. The number of ether oxygens (including phenoxy) is 4. The average Bonchev–Trinajstić information content (AvgIpc) is 2.67. The molecule has 0 aromatic heterocycles. The third kappa shape index (κ3) is 6.05. The predicted octanol–water partition coefficient (Wildman–Crippen LogP) is 2.88. The van der Waals surface area contributed by atoms with Gasteiger partial charge in [-0.05, 0) is 24.1 Å². The maximum Gasteiger partial charge on any atom is 0.414 e. The second kappa shape index (κ2) is 10.4. The number of carbonyl (C=O) groups is 1. The largest absolute Gasteiger partial charge is 0.449 e. The summed E-state index contributed by atoms with van der Waals surface area (Å²) in [5.74, 6) is -0.209. The fourth-order valence-electron chi connectivity index (χ4n) is 2.72. The second-order valence-electron chi connectivity index (χ2n) is 6.72. The Hall–Kier alpha value is -1.90. The molecule has 1 heterocycles. The first kappa shape index (κ1) is 21.4. The van der Waals surface area contributed by atoms with Crippen molar-refractivity contribution in [1.82, 2.24) is 0 Å². The maximum absolute atomic E-state index is 14.7. The fraction of sp³-hybridized carbons (Fsp3) is 0.632. The highest BCUT2D eigenvalue weighted by atomic mass is 19.1. The number of anilines is 2. The number of amides is 1. The number of methoxy groups -OCH3 is 2. The lowest BCUT2D eigenvalue weighted by atomic mass is 10.2. The Kier molecular flexibility index (Phi) is 8.27. The number of hydrogen-bond donors (Lipinski definition) is 0. The Morgan fingerprint density at radius 1 is 1.26 bits per heavy atom. The van der Waals surface area contributed by atoms with Crippen LogP contribution in [0.5, 0.6) is 0 Å². The predicted molar refractivity (Wildman–Crippen MR) is 101 cm³/mol. The van der Waals surface area contributed by atoms with E-state index in [0.717, 1.165) is 0 Å². The van der Waals surface area contributed by atoms with Crippen molar-refractivity contribution in [3.63, 3.8) is 0 Å². The first-order chi connectivity index (χ1) is 13.0. The van der Waals surface area contributed by atoms with Gasteiger partial charge in [-0.2, -0.15) is 0 Å². The van der Waals surface area contributed by atoms with Gasteiger partial charge in [-0.1, -0.05) is 13.8 Å². The molecule has 2 rings (SSSR count). The van der Waals surface area contributed by atoms with Gasteiger partial charge in [0.25, 0.3) is 0 Å². The van der Waals surface area contributed by atoms with Crippen molar-refractivity contribution in [2.45, 2.75) is 20.1 Å². The number of rotatable bonds is 8. The molecular weight excluding hydrogens is 355 g/mol. The summed E-state index contributed by atoms with van der Waals surface area (Å²) >= 11 is 0. The summed E-state index contributed by atoms with van der Waals surface area (Å²) in [5, 5.41) is 0. The molecule has 1 fully saturated rings. The molecule has 0 radical (unpaired) electrons. The normalized spacial score (nSPS) is 14.7. The lowest BCUT2D eigenvalue weighted by Crippen LogP contribution is -2.40. The summed E-state index contributed by atoms with van der Waals surface area (Å²) in [7, 11) is 2.96.